The molecule has 0 bridgehead atoms. The Kier molecular flexibility index (Phi) is 11.2. The monoisotopic (exact) mass is 179 g/mol. The standard InChI is InChI=1S/C5H11NO2S.CH2O/c1-9-3-2-4(6)5(7)8;1-2/h4H,2-3,6H2,1H3,(H,7,8);1H2. The van der Waals surface area contributed by atoms with Crippen LogP contribution in [0.5, 0.6) is 0 Å². The molecular weight excluding hydrogens is 166 g/mol. The van der Waals surface area contributed by atoms with Gasteiger partial charge >= 0.3 is 5.97 Å². The van der Waals surface area contributed by atoms with Gasteiger partial charge in [0.2, 0.25) is 0 Å². The number of rotatable bonds is 4. The lowest BCUT2D eigenvalue weighted by Gasteiger charge is -2.02. The van der Waals surface area contributed by atoms with Gasteiger partial charge in [-0.25, -0.2) is 0 Å². The summed E-state index contributed by atoms with van der Waals surface area (Å²) in [5.41, 5.74) is 5.19. The zero-order valence-corrected chi connectivity index (χ0v) is 7.26. The summed E-state index contributed by atoms with van der Waals surface area (Å²) >= 11 is 1.60. The van der Waals surface area contributed by atoms with Crippen molar-refractivity contribution in [1.82, 2.24) is 0 Å². The summed E-state index contributed by atoms with van der Waals surface area (Å²) in [6.45, 7) is 2.00. The lowest BCUT2D eigenvalue weighted by atomic mass is 10.2. The first-order valence-corrected chi connectivity index (χ1v) is 4.34. The van der Waals surface area contributed by atoms with Crippen molar-refractivity contribution in [2.24, 2.45) is 5.73 Å². The maximum absolute atomic E-state index is 10.1. The Morgan fingerprint density at radius 3 is 2.45 bits per heavy atom. The van der Waals surface area contributed by atoms with E-state index < -0.39 is 12.0 Å². The van der Waals surface area contributed by atoms with Crippen molar-refractivity contribution in [3.63, 3.8) is 0 Å². The third-order valence-corrected chi connectivity index (χ3v) is 1.59. The molecule has 0 aliphatic heterocycles. The van der Waals surface area contributed by atoms with E-state index in [1.165, 1.54) is 0 Å². The minimum absolute atomic E-state index is 0.552. The number of hydrogen-bond donors (Lipinski definition) is 2. The predicted molar refractivity (Wildman–Crippen MR) is 45.7 cm³/mol. The quantitative estimate of drug-likeness (QED) is 0.633. The highest BCUT2D eigenvalue weighted by Crippen LogP contribution is 1.97. The normalized spacial score (nSPS) is 11.1. The lowest BCUT2D eigenvalue weighted by Crippen LogP contribution is -2.30. The highest BCUT2D eigenvalue weighted by atomic mass is 32.2. The van der Waals surface area contributed by atoms with E-state index >= 15 is 0 Å². The summed E-state index contributed by atoms with van der Waals surface area (Å²) in [5.74, 6) is -0.1000. The molecule has 1 atom stereocenters. The number of carbonyl (C=O) groups excluding carboxylic acids is 1. The van der Waals surface area contributed by atoms with Crippen LogP contribution in [0.3, 0.4) is 0 Å². The number of aliphatic carboxylic acids is 1. The van der Waals surface area contributed by atoms with Gasteiger partial charge in [0, 0.05) is 0 Å². The fraction of sp³-hybridized carbons (Fsp3) is 0.667. The van der Waals surface area contributed by atoms with Gasteiger partial charge in [-0.3, -0.25) is 4.79 Å². The zero-order chi connectivity index (χ0) is 9.28. The molecule has 0 spiro atoms. The molecule has 0 aromatic carbocycles. The van der Waals surface area contributed by atoms with Crippen molar-refractivity contribution in [3.05, 3.63) is 0 Å². The van der Waals surface area contributed by atoms with Crippen molar-refractivity contribution >= 4 is 24.5 Å². The summed E-state index contributed by atoms with van der Waals surface area (Å²) in [4.78, 5) is 18.1. The summed E-state index contributed by atoms with van der Waals surface area (Å²) in [6.07, 6.45) is 2.48. The second-order valence-corrected chi connectivity index (χ2v) is 2.71. The number of carboxylic acid groups (broad SMARTS) is 1. The largest absolute Gasteiger partial charge is 0.480 e. The summed E-state index contributed by atoms with van der Waals surface area (Å²) in [6, 6.07) is -0.683. The van der Waals surface area contributed by atoms with E-state index in [9.17, 15) is 4.79 Å². The van der Waals surface area contributed by atoms with Gasteiger partial charge in [-0.05, 0) is 18.4 Å². The molecule has 11 heavy (non-hydrogen) atoms. The maximum atomic E-state index is 10.1. The average Bonchev–Trinajstić information content (AvgIpc) is 2.03. The van der Waals surface area contributed by atoms with Crippen LogP contribution < -0.4 is 5.73 Å². The van der Waals surface area contributed by atoms with Gasteiger partial charge in [0.1, 0.15) is 12.8 Å². The molecule has 3 N–H and O–H groups in total. The Balaban J connectivity index is 0. The highest BCUT2D eigenvalue weighted by Gasteiger charge is 2.08. The Bertz CT molecular complexity index is 110. The van der Waals surface area contributed by atoms with E-state index in [4.69, 9.17) is 15.6 Å². The van der Waals surface area contributed by atoms with Crippen molar-refractivity contribution in [1.29, 1.82) is 0 Å². The van der Waals surface area contributed by atoms with Crippen LogP contribution in [-0.4, -0.2) is 35.9 Å². The molecule has 0 amide bonds. The van der Waals surface area contributed by atoms with Crippen LogP contribution in [0.2, 0.25) is 0 Å². The van der Waals surface area contributed by atoms with E-state index in [1.807, 2.05) is 13.0 Å². The van der Waals surface area contributed by atoms with Crippen LogP contribution in [0.1, 0.15) is 6.42 Å². The Morgan fingerprint density at radius 2 is 2.18 bits per heavy atom. The summed E-state index contributed by atoms with van der Waals surface area (Å²) in [7, 11) is 0. The van der Waals surface area contributed by atoms with Crippen molar-refractivity contribution < 1.29 is 14.7 Å². The zero-order valence-electron chi connectivity index (χ0n) is 6.45. The van der Waals surface area contributed by atoms with Gasteiger partial charge in [0.15, 0.2) is 0 Å². The van der Waals surface area contributed by atoms with Crippen molar-refractivity contribution in [2.75, 3.05) is 12.0 Å². The Morgan fingerprint density at radius 1 is 1.73 bits per heavy atom. The molecule has 0 aliphatic rings. The molecule has 0 rings (SSSR count). The van der Waals surface area contributed by atoms with Gasteiger partial charge in [0.25, 0.3) is 0 Å². The third kappa shape index (κ3) is 9.45. The number of nitrogens with two attached hydrogens (primary N) is 1. The molecule has 66 valence electrons. The van der Waals surface area contributed by atoms with Crippen LogP contribution in [0.4, 0.5) is 0 Å². The molecule has 4 nitrogen and oxygen atoms in total. The Hall–Kier alpha value is -0.550. The van der Waals surface area contributed by atoms with Gasteiger partial charge < -0.3 is 15.6 Å². The summed E-state index contributed by atoms with van der Waals surface area (Å²) < 4.78 is 0. The molecule has 0 heterocycles. The van der Waals surface area contributed by atoms with E-state index in [1.54, 1.807) is 11.8 Å². The van der Waals surface area contributed by atoms with E-state index in [0.717, 1.165) is 5.75 Å². The molecule has 0 radical (unpaired) electrons. The van der Waals surface area contributed by atoms with E-state index in [2.05, 4.69) is 0 Å². The van der Waals surface area contributed by atoms with Gasteiger partial charge in [-0.2, -0.15) is 11.8 Å². The number of thioether (sulfide) groups is 1. The molecule has 0 fully saturated rings. The highest BCUT2D eigenvalue weighted by molar-refractivity contribution is 7.98. The lowest BCUT2D eigenvalue weighted by molar-refractivity contribution is -0.138. The fourth-order valence-corrected chi connectivity index (χ4v) is 0.858. The first-order valence-electron chi connectivity index (χ1n) is 2.94. The van der Waals surface area contributed by atoms with E-state index in [0.29, 0.717) is 6.42 Å². The molecule has 0 aliphatic carbocycles. The second-order valence-electron chi connectivity index (χ2n) is 1.73. The topological polar surface area (TPSA) is 80.4 Å². The first-order chi connectivity index (χ1) is 5.18. The van der Waals surface area contributed by atoms with Crippen LogP contribution >= 0.6 is 11.8 Å². The van der Waals surface area contributed by atoms with Crippen LogP contribution in [-0.2, 0) is 9.59 Å². The SMILES string of the molecule is C=O.CSCCC(N)C(=O)O. The molecule has 0 aromatic rings. The minimum atomic E-state index is -0.913. The minimum Gasteiger partial charge on any atom is -0.480 e. The third-order valence-electron chi connectivity index (χ3n) is 0.950. The first kappa shape index (κ1) is 13.1. The van der Waals surface area contributed by atoms with Gasteiger partial charge in [-0.1, -0.05) is 0 Å². The van der Waals surface area contributed by atoms with Crippen LogP contribution in [0, 0.1) is 0 Å². The molecule has 5 heteroatoms. The smallest absolute Gasteiger partial charge is 0.320 e. The number of carbonyl (C=O) groups is 2. The number of carboxylic acids is 1. The average molecular weight is 179 g/mol. The van der Waals surface area contributed by atoms with Crippen molar-refractivity contribution in [3.8, 4) is 0 Å². The maximum Gasteiger partial charge on any atom is 0.320 e. The Labute approximate surface area is 70.2 Å². The van der Waals surface area contributed by atoms with Gasteiger partial charge in [-0.15, -0.1) is 0 Å². The summed E-state index contributed by atoms with van der Waals surface area (Å²) in [5, 5.41) is 8.27. The predicted octanol–water partition coefficient (Wildman–Crippen LogP) is -0.0335. The molecular formula is C6H13NO3S. The van der Waals surface area contributed by atoms with Crippen LogP contribution in [0.15, 0.2) is 0 Å². The molecule has 0 saturated heterocycles. The second kappa shape index (κ2) is 9.45. The number of hydrogen-bond acceptors (Lipinski definition) is 4. The van der Waals surface area contributed by atoms with Gasteiger partial charge in [0.05, 0.1) is 0 Å². The van der Waals surface area contributed by atoms with E-state index in [-0.39, 0.29) is 0 Å². The molecule has 0 saturated carbocycles. The van der Waals surface area contributed by atoms with Crippen LogP contribution in [0.25, 0.3) is 0 Å². The molecule has 0 aromatic heterocycles. The fourth-order valence-electron chi connectivity index (χ4n) is 0.368. The molecule has 1 unspecified atom stereocenters. The van der Waals surface area contributed by atoms with Crippen molar-refractivity contribution in [2.45, 2.75) is 12.5 Å².